The Hall–Kier alpha value is -1.17. The Bertz CT molecular complexity index is 377. The highest BCUT2D eigenvalue weighted by Crippen LogP contribution is 2.17. The molecule has 0 radical (unpaired) electrons. The molecule has 1 aliphatic heterocycles. The van der Waals surface area contributed by atoms with E-state index in [1.54, 1.807) is 0 Å². The van der Waals surface area contributed by atoms with Crippen LogP contribution in [0.1, 0.15) is 6.42 Å². The van der Waals surface area contributed by atoms with Crippen molar-refractivity contribution in [3.8, 4) is 0 Å². The Morgan fingerprint density at radius 1 is 1.16 bits per heavy atom. The Balaban J connectivity index is 1.80. The van der Waals surface area contributed by atoms with Gasteiger partial charge in [-0.15, -0.1) is 0 Å². The summed E-state index contributed by atoms with van der Waals surface area (Å²) in [4.78, 5) is 4.49. The molecule has 1 atom stereocenters. The van der Waals surface area contributed by atoms with E-state index >= 15 is 0 Å². The second kappa shape index (κ2) is 6.84. The molecule has 0 aromatic heterocycles. The van der Waals surface area contributed by atoms with Crippen LogP contribution in [0, 0.1) is 5.82 Å². The van der Waals surface area contributed by atoms with E-state index in [0.29, 0.717) is 19.5 Å². The number of rotatable bonds is 5. The Kier molecular flexibility index (Phi) is 5.13. The summed E-state index contributed by atoms with van der Waals surface area (Å²) >= 11 is 0. The number of nitrogens with zero attached hydrogens (tertiary/aromatic N) is 2. The summed E-state index contributed by atoms with van der Waals surface area (Å²) in [6.07, 6.45) is 0.320. The van der Waals surface area contributed by atoms with Crippen molar-refractivity contribution in [2.45, 2.75) is 12.5 Å². The molecule has 1 heterocycles. The van der Waals surface area contributed by atoms with E-state index in [1.807, 2.05) is 12.1 Å². The van der Waals surface area contributed by atoms with Crippen molar-refractivity contribution < 1.29 is 9.50 Å². The van der Waals surface area contributed by atoms with E-state index in [9.17, 15) is 9.50 Å². The number of nitrogens with two attached hydrogens (primary N) is 1. The summed E-state index contributed by atoms with van der Waals surface area (Å²) < 4.78 is 12.9. The minimum Gasteiger partial charge on any atom is -0.392 e. The summed E-state index contributed by atoms with van der Waals surface area (Å²) in [6, 6.07) is 6.61. The molecular formula is C14H22FN3O. The first-order valence-corrected chi connectivity index (χ1v) is 6.80. The van der Waals surface area contributed by atoms with Gasteiger partial charge in [0.15, 0.2) is 0 Å². The maximum atomic E-state index is 12.9. The molecule has 1 aliphatic rings. The summed E-state index contributed by atoms with van der Waals surface area (Å²) in [5.41, 5.74) is 6.49. The largest absolute Gasteiger partial charge is 0.392 e. The van der Waals surface area contributed by atoms with Gasteiger partial charge in [-0.05, 0) is 37.2 Å². The second-order valence-corrected chi connectivity index (χ2v) is 5.00. The first-order chi connectivity index (χ1) is 9.19. The van der Waals surface area contributed by atoms with Gasteiger partial charge < -0.3 is 15.7 Å². The van der Waals surface area contributed by atoms with Crippen LogP contribution in [0.2, 0.25) is 0 Å². The monoisotopic (exact) mass is 267 g/mol. The summed E-state index contributed by atoms with van der Waals surface area (Å²) in [5, 5.41) is 9.74. The number of hydrogen-bond acceptors (Lipinski definition) is 4. The van der Waals surface area contributed by atoms with Crippen LogP contribution >= 0.6 is 0 Å². The van der Waals surface area contributed by atoms with Gasteiger partial charge in [-0.3, -0.25) is 4.90 Å². The Morgan fingerprint density at radius 3 is 2.37 bits per heavy atom. The van der Waals surface area contributed by atoms with Crippen LogP contribution < -0.4 is 10.6 Å². The fourth-order valence-electron chi connectivity index (χ4n) is 2.42. The first-order valence-electron chi connectivity index (χ1n) is 6.80. The molecule has 0 spiro atoms. The first kappa shape index (κ1) is 14.2. The number of aliphatic hydroxyl groups is 1. The number of aliphatic hydroxyl groups excluding tert-OH is 1. The highest BCUT2D eigenvalue weighted by molar-refractivity contribution is 5.46. The smallest absolute Gasteiger partial charge is 0.123 e. The maximum Gasteiger partial charge on any atom is 0.123 e. The molecule has 0 amide bonds. The fourth-order valence-corrected chi connectivity index (χ4v) is 2.42. The maximum absolute atomic E-state index is 12.9. The van der Waals surface area contributed by atoms with E-state index in [4.69, 9.17) is 5.73 Å². The van der Waals surface area contributed by atoms with Gasteiger partial charge in [0.05, 0.1) is 6.10 Å². The van der Waals surface area contributed by atoms with E-state index in [2.05, 4.69) is 9.80 Å². The van der Waals surface area contributed by atoms with Gasteiger partial charge in [-0.1, -0.05) is 0 Å². The molecule has 4 nitrogen and oxygen atoms in total. The average Bonchev–Trinajstić information content (AvgIpc) is 2.41. The third-order valence-corrected chi connectivity index (χ3v) is 3.53. The standard InChI is InChI=1S/C14H22FN3O/c15-12-1-3-13(4-2-12)18-9-7-17(8-10-18)11-14(19)5-6-16/h1-4,14,19H,5-11,16H2. The molecule has 1 saturated heterocycles. The molecule has 0 bridgehead atoms. The van der Waals surface area contributed by atoms with Crippen LogP contribution in [0.3, 0.4) is 0 Å². The lowest BCUT2D eigenvalue weighted by molar-refractivity contribution is 0.104. The van der Waals surface area contributed by atoms with Gasteiger partial charge in [-0.25, -0.2) is 4.39 Å². The zero-order chi connectivity index (χ0) is 13.7. The Labute approximate surface area is 113 Å². The zero-order valence-electron chi connectivity index (χ0n) is 11.1. The molecule has 1 aromatic rings. The van der Waals surface area contributed by atoms with E-state index in [1.165, 1.54) is 12.1 Å². The second-order valence-electron chi connectivity index (χ2n) is 5.00. The highest BCUT2D eigenvalue weighted by atomic mass is 19.1. The van der Waals surface area contributed by atoms with Crippen LogP contribution in [0.15, 0.2) is 24.3 Å². The van der Waals surface area contributed by atoms with Crippen LogP contribution in [0.25, 0.3) is 0 Å². The van der Waals surface area contributed by atoms with Crippen molar-refractivity contribution in [1.82, 2.24) is 4.90 Å². The predicted molar refractivity (Wildman–Crippen MR) is 74.7 cm³/mol. The normalized spacial score (nSPS) is 18.6. The molecule has 0 saturated carbocycles. The molecule has 5 heteroatoms. The minimum atomic E-state index is -0.331. The fraction of sp³-hybridized carbons (Fsp3) is 0.571. The van der Waals surface area contributed by atoms with Crippen molar-refractivity contribution >= 4 is 5.69 Å². The zero-order valence-corrected chi connectivity index (χ0v) is 11.1. The van der Waals surface area contributed by atoms with Crippen LogP contribution in [-0.2, 0) is 0 Å². The molecule has 19 heavy (non-hydrogen) atoms. The van der Waals surface area contributed by atoms with Gasteiger partial charge in [-0.2, -0.15) is 0 Å². The molecule has 3 N–H and O–H groups in total. The van der Waals surface area contributed by atoms with Crippen LogP contribution in [0.4, 0.5) is 10.1 Å². The lowest BCUT2D eigenvalue weighted by atomic mass is 10.2. The summed E-state index contributed by atoms with van der Waals surface area (Å²) in [6.45, 7) is 4.85. The number of halogens is 1. The third-order valence-electron chi connectivity index (χ3n) is 3.53. The molecule has 1 unspecified atom stereocenters. The number of β-amino-alcohol motifs (C(OH)–C–C–N with tert-alkyl or cyclic N) is 1. The third kappa shape index (κ3) is 4.16. The van der Waals surface area contributed by atoms with Gasteiger partial charge in [0.25, 0.3) is 0 Å². The summed E-state index contributed by atoms with van der Waals surface area (Å²) in [7, 11) is 0. The molecular weight excluding hydrogens is 245 g/mol. The van der Waals surface area contributed by atoms with Crippen molar-refractivity contribution in [3.63, 3.8) is 0 Å². The van der Waals surface area contributed by atoms with Crippen molar-refractivity contribution in [2.24, 2.45) is 5.73 Å². The number of piperazine rings is 1. The van der Waals surface area contributed by atoms with Crippen LogP contribution in [-0.4, -0.2) is 55.4 Å². The van der Waals surface area contributed by atoms with Gasteiger partial charge in [0, 0.05) is 38.4 Å². The van der Waals surface area contributed by atoms with Gasteiger partial charge in [0.2, 0.25) is 0 Å². The van der Waals surface area contributed by atoms with E-state index in [0.717, 1.165) is 31.9 Å². The van der Waals surface area contributed by atoms with Crippen molar-refractivity contribution in [2.75, 3.05) is 44.2 Å². The number of anilines is 1. The lowest BCUT2D eigenvalue weighted by Crippen LogP contribution is -2.48. The molecule has 1 fully saturated rings. The Morgan fingerprint density at radius 2 is 1.79 bits per heavy atom. The summed E-state index contributed by atoms with van der Waals surface area (Å²) in [5.74, 6) is -0.202. The lowest BCUT2D eigenvalue weighted by Gasteiger charge is -2.36. The SMILES string of the molecule is NCCC(O)CN1CCN(c2ccc(F)cc2)CC1. The van der Waals surface area contributed by atoms with E-state index < -0.39 is 0 Å². The molecule has 1 aromatic carbocycles. The molecule has 2 rings (SSSR count). The quantitative estimate of drug-likeness (QED) is 0.823. The topological polar surface area (TPSA) is 52.7 Å². The van der Waals surface area contributed by atoms with Crippen molar-refractivity contribution in [3.05, 3.63) is 30.1 Å². The van der Waals surface area contributed by atoms with Crippen molar-refractivity contribution in [1.29, 1.82) is 0 Å². The molecule has 106 valence electrons. The minimum absolute atomic E-state index is 0.202. The number of benzene rings is 1. The van der Waals surface area contributed by atoms with Crippen LogP contribution in [0.5, 0.6) is 0 Å². The van der Waals surface area contributed by atoms with Gasteiger partial charge in [0.1, 0.15) is 5.82 Å². The molecule has 0 aliphatic carbocycles. The van der Waals surface area contributed by atoms with E-state index in [-0.39, 0.29) is 11.9 Å². The number of hydrogen-bond donors (Lipinski definition) is 2. The highest BCUT2D eigenvalue weighted by Gasteiger charge is 2.19. The van der Waals surface area contributed by atoms with Gasteiger partial charge >= 0.3 is 0 Å². The average molecular weight is 267 g/mol. The predicted octanol–water partition coefficient (Wildman–Crippen LogP) is 0.657.